The SMILES string of the molecule is COc1cccc(CSc2nnc(CN)n2C)n1. The van der Waals surface area contributed by atoms with Crippen LogP contribution >= 0.6 is 11.8 Å². The maximum absolute atomic E-state index is 5.55. The van der Waals surface area contributed by atoms with Crippen LogP contribution in [-0.2, 0) is 19.3 Å². The van der Waals surface area contributed by atoms with Crippen molar-refractivity contribution in [3.8, 4) is 5.88 Å². The third-order valence-electron chi connectivity index (χ3n) is 2.45. The summed E-state index contributed by atoms with van der Waals surface area (Å²) in [6, 6.07) is 5.70. The Hall–Kier alpha value is -1.60. The highest BCUT2D eigenvalue weighted by molar-refractivity contribution is 7.98. The molecule has 6 nitrogen and oxygen atoms in total. The van der Waals surface area contributed by atoms with E-state index in [1.807, 2.05) is 29.8 Å². The Balaban J connectivity index is 2.04. The first-order valence-corrected chi connectivity index (χ1v) is 6.44. The Morgan fingerprint density at radius 1 is 1.39 bits per heavy atom. The molecule has 0 aliphatic rings. The Labute approximate surface area is 110 Å². The van der Waals surface area contributed by atoms with Gasteiger partial charge >= 0.3 is 0 Å². The van der Waals surface area contributed by atoms with Gasteiger partial charge in [0.15, 0.2) is 5.16 Å². The molecular formula is C11H15N5OS. The summed E-state index contributed by atoms with van der Waals surface area (Å²) in [6.45, 7) is 0.390. The lowest BCUT2D eigenvalue weighted by molar-refractivity contribution is 0.397. The third kappa shape index (κ3) is 2.80. The Morgan fingerprint density at radius 3 is 2.89 bits per heavy atom. The lowest BCUT2D eigenvalue weighted by atomic mass is 10.4. The maximum Gasteiger partial charge on any atom is 0.213 e. The fourth-order valence-corrected chi connectivity index (χ4v) is 2.27. The van der Waals surface area contributed by atoms with Crippen LogP contribution in [0.25, 0.3) is 0 Å². The monoisotopic (exact) mass is 265 g/mol. The number of hydrogen-bond acceptors (Lipinski definition) is 6. The molecule has 0 spiro atoms. The minimum absolute atomic E-state index is 0.390. The van der Waals surface area contributed by atoms with Crippen LogP contribution in [0.15, 0.2) is 23.4 Å². The molecule has 0 amide bonds. The van der Waals surface area contributed by atoms with Crippen LogP contribution in [0.4, 0.5) is 0 Å². The van der Waals surface area contributed by atoms with Crippen molar-refractivity contribution < 1.29 is 4.74 Å². The van der Waals surface area contributed by atoms with Crippen molar-refractivity contribution >= 4 is 11.8 Å². The van der Waals surface area contributed by atoms with E-state index in [1.165, 1.54) is 0 Å². The lowest BCUT2D eigenvalue weighted by Crippen LogP contribution is -2.05. The minimum Gasteiger partial charge on any atom is -0.481 e. The van der Waals surface area contributed by atoms with Crippen molar-refractivity contribution in [2.45, 2.75) is 17.5 Å². The molecule has 2 aromatic heterocycles. The van der Waals surface area contributed by atoms with E-state index in [9.17, 15) is 0 Å². The summed E-state index contributed by atoms with van der Waals surface area (Å²) < 4.78 is 6.98. The van der Waals surface area contributed by atoms with Crippen molar-refractivity contribution in [1.82, 2.24) is 19.7 Å². The van der Waals surface area contributed by atoms with Crippen LogP contribution in [0.3, 0.4) is 0 Å². The van der Waals surface area contributed by atoms with Crippen molar-refractivity contribution in [2.75, 3.05) is 7.11 Å². The first-order chi connectivity index (χ1) is 8.74. The van der Waals surface area contributed by atoms with Gasteiger partial charge in [-0.25, -0.2) is 4.98 Å². The summed E-state index contributed by atoms with van der Waals surface area (Å²) in [5.74, 6) is 2.11. The van der Waals surface area contributed by atoms with Gasteiger partial charge in [0.2, 0.25) is 5.88 Å². The first-order valence-electron chi connectivity index (χ1n) is 5.45. The van der Waals surface area contributed by atoms with Gasteiger partial charge in [0, 0.05) is 18.9 Å². The van der Waals surface area contributed by atoms with Gasteiger partial charge in [0.1, 0.15) is 5.82 Å². The van der Waals surface area contributed by atoms with Gasteiger partial charge in [-0.1, -0.05) is 17.8 Å². The third-order valence-corrected chi connectivity index (χ3v) is 3.50. The van der Waals surface area contributed by atoms with Gasteiger partial charge in [0.25, 0.3) is 0 Å². The molecule has 0 bridgehead atoms. The standard InChI is InChI=1S/C11H15N5OS/c1-16-9(6-12)14-15-11(16)18-7-8-4-3-5-10(13-8)17-2/h3-5H,6-7,12H2,1-2H3. The molecule has 2 rings (SSSR count). The zero-order valence-electron chi connectivity index (χ0n) is 10.3. The van der Waals surface area contributed by atoms with Crippen molar-refractivity contribution in [2.24, 2.45) is 12.8 Å². The highest BCUT2D eigenvalue weighted by Gasteiger charge is 2.08. The Kier molecular flexibility index (Phi) is 4.16. The van der Waals surface area contributed by atoms with Crippen LogP contribution in [0.1, 0.15) is 11.5 Å². The summed E-state index contributed by atoms with van der Waals surface area (Å²) >= 11 is 1.57. The predicted molar refractivity (Wildman–Crippen MR) is 69.2 cm³/mol. The molecule has 18 heavy (non-hydrogen) atoms. The zero-order chi connectivity index (χ0) is 13.0. The second kappa shape index (κ2) is 5.83. The first kappa shape index (κ1) is 12.8. The number of rotatable bonds is 5. The van der Waals surface area contributed by atoms with E-state index in [0.717, 1.165) is 16.7 Å². The highest BCUT2D eigenvalue weighted by Crippen LogP contribution is 2.21. The van der Waals surface area contributed by atoms with E-state index in [1.54, 1.807) is 18.9 Å². The van der Waals surface area contributed by atoms with Crippen LogP contribution in [0.2, 0.25) is 0 Å². The molecule has 0 saturated carbocycles. The molecule has 7 heteroatoms. The molecule has 2 aromatic rings. The summed E-state index contributed by atoms with van der Waals surface area (Å²) in [7, 11) is 3.51. The number of methoxy groups -OCH3 is 1. The van der Waals surface area contributed by atoms with Gasteiger partial charge in [0.05, 0.1) is 19.3 Å². The molecule has 96 valence electrons. The molecule has 2 heterocycles. The van der Waals surface area contributed by atoms with E-state index < -0.39 is 0 Å². The molecule has 0 fully saturated rings. The lowest BCUT2D eigenvalue weighted by Gasteiger charge is -2.03. The van der Waals surface area contributed by atoms with Crippen LogP contribution < -0.4 is 10.5 Å². The topological polar surface area (TPSA) is 78.9 Å². The van der Waals surface area contributed by atoms with Crippen LogP contribution in [0, 0.1) is 0 Å². The van der Waals surface area contributed by atoms with Crippen LogP contribution in [0.5, 0.6) is 5.88 Å². The largest absolute Gasteiger partial charge is 0.481 e. The molecule has 0 aliphatic carbocycles. The predicted octanol–water partition coefficient (Wildman–Crippen LogP) is 0.970. The summed E-state index contributed by atoms with van der Waals surface area (Å²) in [6.07, 6.45) is 0. The summed E-state index contributed by atoms with van der Waals surface area (Å²) in [5, 5.41) is 8.92. The van der Waals surface area contributed by atoms with Gasteiger partial charge in [-0.15, -0.1) is 10.2 Å². The maximum atomic E-state index is 5.55. The normalized spacial score (nSPS) is 10.6. The van der Waals surface area contributed by atoms with E-state index in [2.05, 4.69) is 15.2 Å². The molecule has 2 N–H and O–H groups in total. The number of ether oxygens (including phenoxy) is 1. The van der Waals surface area contributed by atoms with Gasteiger partial charge < -0.3 is 15.0 Å². The summed E-state index contributed by atoms with van der Waals surface area (Å²) in [4.78, 5) is 4.34. The number of pyridine rings is 1. The van der Waals surface area contributed by atoms with Gasteiger partial charge in [-0.2, -0.15) is 0 Å². The Bertz CT molecular complexity index is 528. The Morgan fingerprint density at radius 2 is 2.22 bits per heavy atom. The average Bonchev–Trinajstić information content (AvgIpc) is 2.77. The van der Waals surface area contributed by atoms with E-state index >= 15 is 0 Å². The number of nitrogens with zero attached hydrogens (tertiary/aromatic N) is 4. The zero-order valence-corrected chi connectivity index (χ0v) is 11.1. The molecule has 0 atom stereocenters. The number of aromatic nitrogens is 4. The van der Waals surface area contributed by atoms with E-state index in [-0.39, 0.29) is 0 Å². The number of hydrogen-bond donors (Lipinski definition) is 1. The summed E-state index contributed by atoms with van der Waals surface area (Å²) in [5.41, 5.74) is 6.49. The van der Waals surface area contributed by atoms with E-state index in [4.69, 9.17) is 10.5 Å². The van der Waals surface area contributed by atoms with Gasteiger partial charge in [-0.3, -0.25) is 0 Å². The van der Waals surface area contributed by atoms with Crippen LogP contribution in [-0.4, -0.2) is 26.9 Å². The molecule has 0 unspecified atom stereocenters. The second-order valence-electron chi connectivity index (χ2n) is 3.62. The van der Waals surface area contributed by atoms with Crippen molar-refractivity contribution in [3.63, 3.8) is 0 Å². The molecule has 0 aromatic carbocycles. The van der Waals surface area contributed by atoms with Gasteiger partial charge in [-0.05, 0) is 6.07 Å². The molecule has 0 radical (unpaired) electrons. The smallest absolute Gasteiger partial charge is 0.213 e. The molecule has 0 aliphatic heterocycles. The van der Waals surface area contributed by atoms with E-state index in [0.29, 0.717) is 18.2 Å². The quantitative estimate of drug-likeness (QED) is 0.812. The average molecular weight is 265 g/mol. The minimum atomic E-state index is 0.390. The number of thioether (sulfide) groups is 1. The number of nitrogens with two attached hydrogens (primary N) is 1. The fraction of sp³-hybridized carbons (Fsp3) is 0.364. The van der Waals surface area contributed by atoms with Crippen molar-refractivity contribution in [1.29, 1.82) is 0 Å². The molecule has 0 saturated heterocycles. The highest BCUT2D eigenvalue weighted by atomic mass is 32.2. The fourth-order valence-electron chi connectivity index (χ4n) is 1.44. The molecular weight excluding hydrogens is 250 g/mol. The van der Waals surface area contributed by atoms with Crippen molar-refractivity contribution in [3.05, 3.63) is 29.7 Å². The second-order valence-corrected chi connectivity index (χ2v) is 4.56.